The number of hydrogen-bond acceptors (Lipinski definition) is 2. The van der Waals surface area contributed by atoms with Gasteiger partial charge in [0, 0.05) is 18.5 Å². The van der Waals surface area contributed by atoms with Crippen molar-refractivity contribution in [2.24, 2.45) is 5.92 Å². The largest absolute Gasteiger partial charge is 0.351 e. The van der Waals surface area contributed by atoms with Crippen LogP contribution in [-0.4, -0.2) is 23.9 Å². The van der Waals surface area contributed by atoms with Crippen LogP contribution in [0.1, 0.15) is 27.2 Å². The fourth-order valence-corrected chi connectivity index (χ4v) is 2.50. The maximum absolute atomic E-state index is 12.1. The Bertz CT molecular complexity index is 537. The van der Waals surface area contributed by atoms with E-state index < -0.39 is 0 Å². The lowest BCUT2D eigenvalue weighted by molar-refractivity contribution is -0.127. The van der Waals surface area contributed by atoms with Gasteiger partial charge < -0.3 is 10.2 Å². The highest BCUT2D eigenvalue weighted by Crippen LogP contribution is 2.31. The second-order valence-electron chi connectivity index (χ2n) is 6.10. The summed E-state index contributed by atoms with van der Waals surface area (Å²) < 4.78 is 0. The van der Waals surface area contributed by atoms with Crippen LogP contribution >= 0.6 is 11.6 Å². The molecule has 1 aromatic rings. The Morgan fingerprint density at radius 3 is 2.60 bits per heavy atom. The molecule has 1 aromatic carbocycles. The van der Waals surface area contributed by atoms with Gasteiger partial charge in [-0.15, -0.1) is 0 Å². The first-order valence-corrected chi connectivity index (χ1v) is 7.02. The first kappa shape index (κ1) is 14.9. The number of rotatable bonds is 2. The van der Waals surface area contributed by atoms with Crippen LogP contribution in [0.3, 0.4) is 0 Å². The molecule has 4 nitrogen and oxygen atoms in total. The fourth-order valence-electron chi connectivity index (χ4n) is 2.26. The summed E-state index contributed by atoms with van der Waals surface area (Å²) in [6, 6.07) is 7.18. The number of hydrogen-bond donors (Lipinski definition) is 1. The summed E-state index contributed by atoms with van der Waals surface area (Å²) in [6.45, 7) is 6.15. The van der Waals surface area contributed by atoms with Gasteiger partial charge in [-0.2, -0.15) is 0 Å². The summed E-state index contributed by atoms with van der Waals surface area (Å²) in [5.74, 6) is -0.467. The quantitative estimate of drug-likeness (QED) is 0.911. The highest BCUT2D eigenvalue weighted by atomic mass is 35.5. The maximum Gasteiger partial charge on any atom is 0.227 e. The smallest absolute Gasteiger partial charge is 0.227 e. The summed E-state index contributed by atoms with van der Waals surface area (Å²) >= 11 is 6.11. The van der Waals surface area contributed by atoms with Crippen molar-refractivity contribution in [2.45, 2.75) is 32.7 Å². The Morgan fingerprint density at radius 2 is 2.00 bits per heavy atom. The van der Waals surface area contributed by atoms with Gasteiger partial charge in [0.25, 0.3) is 0 Å². The van der Waals surface area contributed by atoms with Crippen LogP contribution in [0, 0.1) is 5.92 Å². The Morgan fingerprint density at radius 1 is 1.35 bits per heavy atom. The zero-order valence-corrected chi connectivity index (χ0v) is 12.7. The van der Waals surface area contributed by atoms with Gasteiger partial charge in [0.2, 0.25) is 11.8 Å². The highest BCUT2D eigenvalue weighted by Gasteiger charge is 2.36. The Balaban J connectivity index is 2.12. The van der Waals surface area contributed by atoms with E-state index in [1.54, 1.807) is 17.0 Å². The van der Waals surface area contributed by atoms with E-state index in [1.165, 1.54) is 0 Å². The number of amides is 2. The molecule has 0 radical (unpaired) electrons. The van der Waals surface area contributed by atoms with Crippen LogP contribution in [0.5, 0.6) is 0 Å². The third-order valence-corrected chi connectivity index (χ3v) is 3.46. The van der Waals surface area contributed by atoms with Crippen molar-refractivity contribution >= 4 is 29.1 Å². The van der Waals surface area contributed by atoms with E-state index in [-0.39, 0.29) is 29.7 Å². The molecule has 0 aromatic heterocycles. The molecule has 0 aliphatic carbocycles. The standard InChI is InChI=1S/C15H19ClN2O2/c1-15(2,3)17-14(20)10-8-13(19)18(9-10)12-7-5-4-6-11(12)16/h4-7,10H,8-9H2,1-3H3,(H,17,20)/t10-/m1/s1. The van der Waals surface area contributed by atoms with Gasteiger partial charge in [-0.05, 0) is 32.9 Å². The molecule has 2 amide bonds. The van der Waals surface area contributed by atoms with Crippen molar-refractivity contribution < 1.29 is 9.59 Å². The van der Waals surface area contributed by atoms with Crippen LogP contribution in [0.15, 0.2) is 24.3 Å². The summed E-state index contributed by atoms with van der Waals surface area (Å²) in [6.07, 6.45) is 0.229. The molecule has 0 saturated carbocycles. The van der Waals surface area contributed by atoms with Gasteiger partial charge in [-0.1, -0.05) is 23.7 Å². The topological polar surface area (TPSA) is 49.4 Å². The SMILES string of the molecule is CC(C)(C)NC(=O)[C@@H]1CC(=O)N(c2ccccc2Cl)C1. The summed E-state index contributed by atoms with van der Waals surface area (Å²) in [5, 5.41) is 3.44. The molecule has 1 N–H and O–H groups in total. The van der Waals surface area contributed by atoms with E-state index in [0.29, 0.717) is 17.3 Å². The van der Waals surface area contributed by atoms with Gasteiger partial charge in [0.05, 0.1) is 16.6 Å². The molecule has 1 saturated heterocycles. The number of carbonyl (C=O) groups excluding carboxylic acids is 2. The molecule has 1 aliphatic heterocycles. The molecule has 1 heterocycles. The summed E-state index contributed by atoms with van der Waals surface area (Å²) in [7, 11) is 0. The van der Waals surface area contributed by atoms with E-state index in [0.717, 1.165) is 0 Å². The molecule has 0 spiro atoms. The first-order valence-electron chi connectivity index (χ1n) is 6.65. The van der Waals surface area contributed by atoms with Crippen molar-refractivity contribution in [3.8, 4) is 0 Å². The Kier molecular flexibility index (Phi) is 4.04. The number of benzene rings is 1. The molecule has 1 aliphatic rings. The minimum atomic E-state index is -0.321. The first-order chi connectivity index (χ1) is 9.28. The van der Waals surface area contributed by atoms with Crippen molar-refractivity contribution in [3.63, 3.8) is 0 Å². The third-order valence-electron chi connectivity index (χ3n) is 3.14. The second-order valence-corrected chi connectivity index (χ2v) is 6.50. The monoisotopic (exact) mass is 294 g/mol. The predicted molar refractivity (Wildman–Crippen MR) is 79.8 cm³/mol. The van der Waals surface area contributed by atoms with E-state index in [4.69, 9.17) is 11.6 Å². The van der Waals surface area contributed by atoms with Crippen LogP contribution < -0.4 is 10.2 Å². The van der Waals surface area contributed by atoms with Crippen LogP contribution in [-0.2, 0) is 9.59 Å². The molecule has 20 heavy (non-hydrogen) atoms. The van der Waals surface area contributed by atoms with Gasteiger partial charge in [0.1, 0.15) is 0 Å². The van der Waals surface area contributed by atoms with Crippen LogP contribution in [0.25, 0.3) is 0 Å². The number of nitrogens with zero attached hydrogens (tertiary/aromatic N) is 1. The van der Waals surface area contributed by atoms with E-state index >= 15 is 0 Å². The molecule has 1 fully saturated rings. The van der Waals surface area contributed by atoms with Crippen molar-refractivity contribution in [1.82, 2.24) is 5.32 Å². The summed E-state index contributed by atoms with van der Waals surface area (Å²) in [5.41, 5.74) is 0.378. The second kappa shape index (κ2) is 5.44. The molecule has 1 atom stereocenters. The molecule has 0 bridgehead atoms. The number of carbonyl (C=O) groups is 2. The van der Waals surface area contributed by atoms with Gasteiger partial charge in [-0.25, -0.2) is 0 Å². The minimum absolute atomic E-state index is 0.0628. The van der Waals surface area contributed by atoms with E-state index in [9.17, 15) is 9.59 Å². The predicted octanol–water partition coefficient (Wildman–Crippen LogP) is 2.61. The van der Waals surface area contributed by atoms with Crippen molar-refractivity contribution in [1.29, 1.82) is 0 Å². The molecule has 108 valence electrons. The van der Waals surface area contributed by atoms with Crippen molar-refractivity contribution in [2.75, 3.05) is 11.4 Å². The number of nitrogens with one attached hydrogen (secondary N) is 1. The maximum atomic E-state index is 12.1. The molecule has 2 rings (SSSR count). The fraction of sp³-hybridized carbons (Fsp3) is 0.467. The molecular formula is C15H19ClN2O2. The zero-order valence-electron chi connectivity index (χ0n) is 11.9. The highest BCUT2D eigenvalue weighted by molar-refractivity contribution is 6.33. The Hall–Kier alpha value is -1.55. The average Bonchev–Trinajstić information content (AvgIpc) is 2.70. The van der Waals surface area contributed by atoms with Crippen molar-refractivity contribution in [3.05, 3.63) is 29.3 Å². The lowest BCUT2D eigenvalue weighted by atomic mass is 10.0. The zero-order chi connectivity index (χ0) is 14.9. The van der Waals surface area contributed by atoms with Gasteiger partial charge in [0.15, 0.2) is 0 Å². The minimum Gasteiger partial charge on any atom is -0.351 e. The molecule has 5 heteroatoms. The van der Waals surface area contributed by atoms with Crippen LogP contribution in [0.4, 0.5) is 5.69 Å². The summed E-state index contributed by atoms with van der Waals surface area (Å²) in [4.78, 5) is 25.8. The average molecular weight is 295 g/mol. The van der Waals surface area contributed by atoms with E-state index in [2.05, 4.69) is 5.32 Å². The third kappa shape index (κ3) is 3.31. The van der Waals surface area contributed by atoms with Gasteiger partial charge >= 0.3 is 0 Å². The lowest BCUT2D eigenvalue weighted by Gasteiger charge is -2.23. The van der Waals surface area contributed by atoms with E-state index in [1.807, 2.05) is 32.9 Å². The normalized spacial score (nSPS) is 19.3. The molecule has 0 unspecified atom stereocenters. The Labute approximate surface area is 124 Å². The number of halogens is 1. The number of para-hydroxylation sites is 1. The molecular weight excluding hydrogens is 276 g/mol. The van der Waals surface area contributed by atoms with Gasteiger partial charge in [-0.3, -0.25) is 9.59 Å². The lowest BCUT2D eigenvalue weighted by Crippen LogP contribution is -2.44. The number of anilines is 1. The van der Waals surface area contributed by atoms with Crippen LogP contribution in [0.2, 0.25) is 5.02 Å².